The molecule has 0 saturated carbocycles. The highest BCUT2D eigenvalue weighted by atomic mass is 16.5. The van der Waals surface area contributed by atoms with Gasteiger partial charge in [-0.25, -0.2) is 9.69 Å². The van der Waals surface area contributed by atoms with Crippen molar-refractivity contribution in [2.24, 2.45) is 0 Å². The first-order valence-corrected chi connectivity index (χ1v) is 10.7. The summed E-state index contributed by atoms with van der Waals surface area (Å²) < 4.78 is 5.41. The fraction of sp³-hybridized carbons (Fsp3) is 0.346. The van der Waals surface area contributed by atoms with Crippen molar-refractivity contribution in [2.75, 3.05) is 10.2 Å². The number of nitrogens with zero attached hydrogens (tertiary/aromatic N) is 1. The highest BCUT2D eigenvalue weighted by Gasteiger charge is 2.27. The number of hydrogen-bond acceptors (Lipinski definition) is 5. The van der Waals surface area contributed by atoms with Gasteiger partial charge < -0.3 is 9.84 Å². The monoisotopic (exact) mass is 450 g/mol. The Balaban J connectivity index is 1.70. The van der Waals surface area contributed by atoms with E-state index in [9.17, 15) is 19.5 Å². The van der Waals surface area contributed by atoms with Gasteiger partial charge in [-0.1, -0.05) is 41.5 Å². The quantitative estimate of drug-likeness (QED) is 0.627. The van der Waals surface area contributed by atoms with Crippen molar-refractivity contribution in [2.45, 2.75) is 59.0 Å². The molecule has 3 rings (SSSR count). The molecule has 1 aliphatic heterocycles. The number of amides is 3. The number of hydrogen-bond donors (Lipinski definition) is 2. The summed E-state index contributed by atoms with van der Waals surface area (Å²) in [5.74, 6) is -0.537. The van der Waals surface area contributed by atoms with Crippen LogP contribution in [0.5, 0.6) is 5.75 Å². The molecule has 33 heavy (non-hydrogen) atoms. The number of nitrogens with one attached hydrogen (secondary N) is 1. The molecule has 2 aromatic rings. The zero-order valence-electron chi connectivity index (χ0n) is 19.9. The molecule has 0 unspecified atom stereocenters. The number of imide groups is 1. The van der Waals surface area contributed by atoms with Gasteiger partial charge in [0, 0.05) is 17.8 Å². The summed E-state index contributed by atoms with van der Waals surface area (Å²) in [6, 6.07) is 10.1. The number of ether oxygens (including phenoxy) is 1. The van der Waals surface area contributed by atoms with Crippen molar-refractivity contribution in [3.63, 3.8) is 0 Å². The summed E-state index contributed by atoms with van der Waals surface area (Å²) in [6.07, 6.45) is 1.79. The van der Waals surface area contributed by atoms with Gasteiger partial charge in [0.25, 0.3) is 11.8 Å². The number of phenolic OH excluding ortho intramolecular Hbond substituents is 1. The molecule has 2 aromatic carbocycles. The van der Waals surface area contributed by atoms with Crippen molar-refractivity contribution >= 4 is 29.3 Å². The third kappa shape index (κ3) is 5.42. The van der Waals surface area contributed by atoms with Crippen LogP contribution >= 0.6 is 0 Å². The maximum absolute atomic E-state index is 12.4. The van der Waals surface area contributed by atoms with Gasteiger partial charge >= 0.3 is 6.09 Å². The Labute approximate surface area is 194 Å². The average molecular weight is 451 g/mol. The Kier molecular flexibility index (Phi) is 6.36. The summed E-state index contributed by atoms with van der Waals surface area (Å²) >= 11 is 0. The number of carbonyl (C=O) groups excluding carboxylic acids is 3. The molecule has 174 valence electrons. The van der Waals surface area contributed by atoms with E-state index < -0.39 is 17.9 Å². The molecule has 0 atom stereocenters. The largest absolute Gasteiger partial charge is 0.507 e. The van der Waals surface area contributed by atoms with Crippen LogP contribution in [0.25, 0.3) is 0 Å². The molecule has 7 nitrogen and oxygen atoms in total. The number of rotatable bonds is 4. The first-order valence-electron chi connectivity index (χ1n) is 10.7. The van der Waals surface area contributed by atoms with Gasteiger partial charge in [0.15, 0.2) is 0 Å². The van der Waals surface area contributed by atoms with Crippen LogP contribution in [0.2, 0.25) is 0 Å². The van der Waals surface area contributed by atoms with E-state index in [1.54, 1.807) is 24.3 Å². The minimum atomic E-state index is -0.638. The highest BCUT2D eigenvalue weighted by Crippen LogP contribution is 2.39. The first kappa shape index (κ1) is 24.0. The Bertz CT molecular complexity index is 1070. The van der Waals surface area contributed by atoms with E-state index >= 15 is 0 Å². The molecular formula is C26H30N2O5. The van der Waals surface area contributed by atoms with Crippen LogP contribution < -0.4 is 10.2 Å². The molecule has 0 radical (unpaired) electrons. The second kappa shape index (κ2) is 8.73. The lowest BCUT2D eigenvalue weighted by Crippen LogP contribution is -2.29. The molecule has 3 amide bonds. The van der Waals surface area contributed by atoms with E-state index in [1.807, 2.05) is 53.7 Å². The maximum Gasteiger partial charge on any atom is 0.411 e. The van der Waals surface area contributed by atoms with Crippen molar-refractivity contribution in [3.8, 4) is 5.75 Å². The minimum absolute atomic E-state index is 0.0405. The third-order valence-corrected chi connectivity index (χ3v) is 5.34. The van der Waals surface area contributed by atoms with E-state index in [0.29, 0.717) is 11.4 Å². The molecule has 0 fully saturated rings. The van der Waals surface area contributed by atoms with Gasteiger partial charge in [-0.2, -0.15) is 0 Å². The SMILES string of the molecule is CC(C)(C)c1cc(COC(=O)Nc2ccc(N3C(=O)C=CC3=O)cc2)cc(C(C)(C)C)c1O. The Morgan fingerprint density at radius 1 is 0.909 bits per heavy atom. The minimum Gasteiger partial charge on any atom is -0.507 e. The van der Waals surface area contributed by atoms with E-state index in [1.165, 1.54) is 12.2 Å². The van der Waals surface area contributed by atoms with E-state index in [0.717, 1.165) is 21.6 Å². The molecule has 1 aliphatic rings. The molecule has 7 heteroatoms. The lowest BCUT2D eigenvalue weighted by atomic mass is 9.78. The van der Waals surface area contributed by atoms with Crippen molar-refractivity contribution in [3.05, 3.63) is 65.2 Å². The Hall–Kier alpha value is -3.61. The molecule has 0 aromatic heterocycles. The molecule has 0 spiro atoms. The molecule has 2 N–H and O–H groups in total. The normalized spacial score (nSPS) is 14.1. The van der Waals surface area contributed by atoms with Gasteiger partial charge in [0.2, 0.25) is 0 Å². The van der Waals surface area contributed by atoms with Crippen LogP contribution in [0.15, 0.2) is 48.6 Å². The van der Waals surface area contributed by atoms with E-state index in [4.69, 9.17) is 4.74 Å². The number of phenols is 1. The van der Waals surface area contributed by atoms with Crippen LogP contribution in [0, 0.1) is 0 Å². The average Bonchev–Trinajstić information content (AvgIpc) is 3.04. The molecular weight excluding hydrogens is 420 g/mol. The Morgan fingerprint density at radius 3 is 1.85 bits per heavy atom. The number of anilines is 2. The Morgan fingerprint density at radius 2 is 1.39 bits per heavy atom. The topological polar surface area (TPSA) is 95.9 Å². The number of aromatic hydroxyl groups is 1. The standard InChI is InChI=1S/C26H30N2O5/c1-25(2,3)19-13-16(14-20(23(19)31)26(4,5)6)15-33-24(32)27-17-7-9-18(10-8-17)28-21(29)11-12-22(28)30/h7-14,31H,15H2,1-6H3,(H,27,32). The summed E-state index contributed by atoms with van der Waals surface area (Å²) in [4.78, 5) is 36.9. The molecule has 0 bridgehead atoms. The summed E-state index contributed by atoms with van der Waals surface area (Å²) in [5.41, 5.74) is 2.70. The smallest absolute Gasteiger partial charge is 0.411 e. The fourth-order valence-corrected chi connectivity index (χ4v) is 3.57. The van der Waals surface area contributed by atoms with E-state index in [2.05, 4.69) is 5.32 Å². The van der Waals surface area contributed by atoms with Gasteiger partial charge in [-0.3, -0.25) is 14.9 Å². The second-order valence-corrected chi connectivity index (χ2v) is 10.1. The van der Waals surface area contributed by atoms with Crippen LogP contribution in [0.1, 0.15) is 58.2 Å². The van der Waals surface area contributed by atoms with Gasteiger partial charge in [0.1, 0.15) is 12.4 Å². The summed E-state index contributed by atoms with van der Waals surface area (Å²) in [5, 5.41) is 13.5. The third-order valence-electron chi connectivity index (χ3n) is 5.34. The second-order valence-electron chi connectivity index (χ2n) is 10.1. The summed E-state index contributed by atoms with van der Waals surface area (Å²) in [7, 11) is 0. The molecule has 0 saturated heterocycles. The van der Waals surface area contributed by atoms with Crippen molar-refractivity contribution in [1.82, 2.24) is 0 Å². The summed E-state index contributed by atoms with van der Waals surface area (Å²) in [6.45, 7) is 12.2. The van der Waals surface area contributed by atoms with Crippen LogP contribution in [-0.4, -0.2) is 23.0 Å². The van der Waals surface area contributed by atoms with Gasteiger partial charge in [-0.05, 0) is 63.9 Å². The predicted octanol–water partition coefficient (Wildman–Crippen LogP) is 5.17. The van der Waals surface area contributed by atoms with Crippen LogP contribution in [0.3, 0.4) is 0 Å². The van der Waals surface area contributed by atoms with E-state index in [-0.39, 0.29) is 23.2 Å². The van der Waals surface area contributed by atoms with Gasteiger partial charge in [0.05, 0.1) is 5.69 Å². The maximum atomic E-state index is 12.4. The zero-order valence-corrected chi connectivity index (χ0v) is 19.9. The number of benzene rings is 2. The molecule has 0 aliphatic carbocycles. The highest BCUT2D eigenvalue weighted by molar-refractivity contribution is 6.28. The zero-order chi connectivity index (χ0) is 24.6. The molecule has 1 heterocycles. The predicted molar refractivity (Wildman–Crippen MR) is 127 cm³/mol. The van der Waals surface area contributed by atoms with Crippen molar-refractivity contribution < 1.29 is 24.2 Å². The van der Waals surface area contributed by atoms with Crippen molar-refractivity contribution in [1.29, 1.82) is 0 Å². The fourth-order valence-electron chi connectivity index (χ4n) is 3.57. The first-order chi connectivity index (χ1) is 15.3. The van der Waals surface area contributed by atoms with Crippen LogP contribution in [0.4, 0.5) is 16.2 Å². The van der Waals surface area contributed by atoms with Gasteiger partial charge in [-0.15, -0.1) is 0 Å². The number of carbonyl (C=O) groups is 3. The lowest BCUT2D eigenvalue weighted by Gasteiger charge is -2.28. The van der Waals surface area contributed by atoms with Crippen LogP contribution in [-0.2, 0) is 31.8 Å². The lowest BCUT2D eigenvalue weighted by molar-refractivity contribution is -0.119.